The van der Waals surface area contributed by atoms with Crippen LogP contribution in [0.25, 0.3) is 12.2 Å². The Kier molecular flexibility index (Phi) is 4.97. The van der Waals surface area contributed by atoms with Crippen LogP contribution in [0.4, 0.5) is 0 Å². The van der Waals surface area contributed by atoms with Crippen molar-refractivity contribution >= 4 is 44.0 Å². The third kappa shape index (κ3) is 4.28. The molecule has 18 heavy (non-hydrogen) atoms. The fourth-order valence-corrected chi connectivity index (χ4v) is 2.01. The van der Waals surface area contributed by atoms with Gasteiger partial charge in [-0.2, -0.15) is 0 Å². The normalized spacial score (nSPS) is 11.4. The highest BCUT2D eigenvalue weighted by atomic mass is 79.9. The Morgan fingerprint density at radius 1 is 0.556 bits per heavy atom. The van der Waals surface area contributed by atoms with Gasteiger partial charge in [0.2, 0.25) is 0 Å². The smallest absolute Gasteiger partial charge is 0.0175 e. The van der Waals surface area contributed by atoms with Gasteiger partial charge in [0.05, 0.1) is 0 Å². The summed E-state index contributed by atoms with van der Waals surface area (Å²) >= 11 is 6.84. The van der Waals surface area contributed by atoms with E-state index in [1.54, 1.807) is 0 Å². The quantitative estimate of drug-likeness (QED) is 0.592. The Bertz CT molecular complexity index is 495. The molecule has 0 aliphatic carbocycles. The summed E-state index contributed by atoms with van der Waals surface area (Å²) in [6.07, 6.45) is 8.26. The summed E-state index contributed by atoms with van der Waals surface area (Å²) in [7, 11) is 0. The van der Waals surface area contributed by atoms with Gasteiger partial charge in [-0.05, 0) is 35.4 Å². The van der Waals surface area contributed by atoms with Gasteiger partial charge in [-0.1, -0.05) is 80.4 Å². The topological polar surface area (TPSA) is 0 Å². The van der Waals surface area contributed by atoms with Crippen molar-refractivity contribution in [1.29, 1.82) is 0 Å². The molecule has 0 aromatic heterocycles. The highest BCUT2D eigenvalue weighted by Gasteiger charge is 1.87. The average molecular weight is 364 g/mol. The van der Waals surface area contributed by atoms with Crippen LogP contribution in [0.3, 0.4) is 0 Å². The fourth-order valence-electron chi connectivity index (χ4n) is 1.48. The molecule has 0 nitrogen and oxygen atoms in total. The molecule has 0 atom stereocenters. The van der Waals surface area contributed by atoms with Crippen LogP contribution < -0.4 is 0 Å². The van der Waals surface area contributed by atoms with Crippen LogP contribution in [0.5, 0.6) is 0 Å². The van der Waals surface area contributed by atoms with Crippen LogP contribution in [0.15, 0.2) is 69.6 Å². The van der Waals surface area contributed by atoms with Gasteiger partial charge in [0.25, 0.3) is 0 Å². The largest absolute Gasteiger partial charge is 0.0617 e. The second kappa shape index (κ2) is 6.72. The molecule has 2 rings (SSSR count). The Morgan fingerprint density at radius 3 is 1.22 bits per heavy atom. The van der Waals surface area contributed by atoms with E-state index in [-0.39, 0.29) is 0 Å². The highest BCUT2D eigenvalue weighted by molar-refractivity contribution is 9.10. The third-order valence-electron chi connectivity index (χ3n) is 2.43. The van der Waals surface area contributed by atoms with Crippen molar-refractivity contribution in [3.05, 3.63) is 80.8 Å². The minimum Gasteiger partial charge on any atom is -0.0617 e. The fraction of sp³-hybridized carbons (Fsp3) is 0. The van der Waals surface area contributed by atoms with E-state index in [9.17, 15) is 0 Å². The van der Waals surface area contributed by atoms with Crippen molar-refractivity contribution in [2.24, 2.45) is 0 Å². The minimum absolute atomic E-state index is 1.10. The SMILES string of the molecule is Brc1ccc(/C=C/C=C/c2ccc(Br)cc2)cc1. The summed E-state index contributed by atoms with van der Waals surface area (Å²) in [5, 5.41) is 0. The minimum atomic E-state index is 1.10. The molecule has 0 heterocycles. The first-order valence-corrected chi connectivity index (χ1v) is 7.18. The maximum atomic E-state index is 3.42. The van der Waals surface area contributed by atoms with E-state index < -0.39 is 0 Å². The Labute approximate surface area is 124 Å². The molecule has 0 unspecified atom stereocenters. The molecule has 0 radical (unpaired) electrons. The molecule has 90 valence electrons. The van der Waals surface area contributed by atoms with Crippen molar-refractivity contribution in [2.75, 3.05) is 0 Å². The lowest BCUT2D eigenvalue weighted by atomic mass is 10.2. The Hall–Kier alpha value is -1.12. The Balaban J connectivity index is 1.98. The molecule has 2 aromatic carbocycles. The molecule has 0 amide bonds. The zero-order valence-corrected chi connectivity index (χ0v) is 12.9. The van der Waals surface area contributed by atoms with Crippen LogP contribution >= 0.6 is 31.9 Å². The summed E-state index contributed by atoms with van der Waals surface area (Å²) in [6, 6.07) is 16.5. The molecule has 0 fully saturated rings. The van der Waals surface area contributed by atoms with Gasteiger partial charge in [0.15, 0.2) is 0 Å². The number of halogens is 2. The van der Waals surface area contributed by atoms with E-state index in [1.807, 2.05) is 36.4 Å². The van der Waals surface area contributed by atoms with Crippen LogP contribution in [-0.4, -0.2) is 0 Å². The van der Waals surface area contributed by atoms with Crippen LogP contribution in [0, 0.1) is 0 Å². The van der Waals surface area contributed by atoms with Gasteiger partial charge in [-0.3, -0.25) is 0 Å². The summed E-state index contributed by atoms with van der Waals surface area (Å²) in [5.41, 5.74) is 2.39. The van der Waals surface area contributed by atoms with Crippen LogP contribution in [-0.2, 0) is 0 Å². The number of benzene rings is 2. The molecule has 0 saturated heterocycles. The second-order valence-electron chi connectivity index (χ2n) is 3.82. The number of hydrogen-bond acceptors (Lipinski definition) is 0. The number of hydrogen-bond donors (Lipinski definition) is 0. The van der Waals surface area contributed by atoms with E-state index in [1.165, 1.54) is 11.1 Å². The van der Waals surface area contributed by atoms with E-state index in [2.05, 4.69) is 68.3 Å². The molecule has 0 N–H and O–H groups in total. The maximum Gasteiger partial charge on any atom is 0.0175 e. The zero-order valence-electron chi connectivity index (χ0n) is 9.68. The van der Waals surface area contributed by atoms with Crippen molar-refractivity contribution in [2.45, 2.75) is 0 Å². The molecular weight excluding hydrogens is 352 g/mol. The van der Waals surface area contributed by atoms with Gasteiger partial charge in [-0.25, -0.2) is 0 Å². The zero-order chi connectivity index (χ0) is 12.8. The van der Waals surface area contributed by atoms with Crippen molar-refractivity contribution < 1.29 is 0 Å². The van der Waals surface area contributed by atoms with Gasteiger partial charge in [0.1, 0.15) is 0 Å². The van der Waals surface area contributed by atoms with Gasteiger partial charge in [0, 0.05) is 8.95 Å². The van der Waals surface area contributed by atoms with Crippen molar-refractivity contribution in [1.82, 2.24) is 0 Å². The van der Waals surface area contributed by atoms with Gasteiger partial charge >= 0.3 is 0 Å². The van der Waals surface area contributed by atoms with Gasteiger partial charge < -0.3 is 0 Å². The number of rotatable bonds is 3. The predicted molar refractivity (Wildman–Crippen MR) is 86.4 cm³/mol. The molecule has 2 heteroatoms. The molecule has 0 saturated carbocycles. The highest BCUT2D eigenvalue weighted by Crippen LogP contribution is 2.13. The van der Waals surface area contributed by atoms with Crippen LogP contribution in [0.2, 0.25) is 0 Å². The first kappa shape index (κ1) is 13.3. The second-order valence-corrected chi connectivity index (χ2v) is 5.65. The molecule has 0 spiro atoms. The lowest BCUT2D eigenvalue weighted by Gasteiger charge is -1.93. The van der Waals surface area contributed by atoms with E-state index in [0.717, 1.165) is 8.95 Å². The van der Waals surface area contributed by atoms with E-state index in [0.29, 0.717) is 0 Å². The molecule has 2 aromatic rings. The average Bonchev–Trinajstić information content (AvgIpc) is 2.39. The lowest BCUT2D eigenvalue weighted by molar-refractivity contribution is 1.61. The predicted octanol–water partition coefficient (Wildman–Crippen LogP) is 5.94. The summed E-state index contributed by atoms with van der Waals surface area (Å²) in [6.45, 7) is 0. The summed E-state index contributed by atoms with van der Waals surface area (Å²) in [4.78, 5) is 0. The summed E-state index contributed by atoms with van der Waals surface area (Å²) in [5.74, 6) is 0. The van der Waals surface area contributed by atoms with E-state index >= 15 is 0 Å². The number of allylic oxidation sites excluding steroid dienone is 2. The molecular formula is C16H12Br2. The standard InChI is InChI=1S/C16H12Br2/c17-15-9-5-13(6-10-15)3-1-2-4-14-7-11-16(18)12-8-14/h1-12H/b3-1+,4-2+. The van der Waals surface area contributed by atoms with Crippen LogP contribution in [0.1, 0.15) is 11.1 Å². The summed E-state index contributed by atoms with van der Waals surface area (Å²) < 4.78 is 2.20. The van der Waals surface area contributed by atoms with Crippen molar-refractivity contribution in [3.63, 3.8) is 0 Å². The monoisotopic (exact) mass is 362 g/mol. The third-order valence-corrected chi connectivity index (χ3v) is 3.49. The molecule has 0 aliphatic heterocycles. The first-order valence-electron chi connectivity index (χ1n) is 5.60. The van der Waals surface area contributed by atoms with E-state index in [4.69, 9.17) is 0 Å². The Morgan fingerprint density at radius 2 is 0.889 bits per heavy atom. The van der Waals surface area contributed by atoms with Crippen molar-refractivity contribution in [3.8, 4) is 0 Å². The lowest BCUT2D eigenvalue weighted by Crippen LogP contribution is -1.71. The first-order chi connectivity index (χ1) is 8.74. The molecule has 0 aliphatic rings. The van der Waals surface area contributed by atoms with Gasteiger partial charge in [-0.15, -0.1) is 0 Å². The maximum absolute atomic E-state index is 3.42. The molecule has 0 bridgehead atoms.